The molecular weight excluding hydrogens is 286 g/mol. The van der Waals surface area contributed by atoms with E-state index < -0.39 is 10.0 Å². The summed E-state index contributed by atoms with van der Waals surface area (Å²) in [4.78, 5) is 3.91. The third kappa shape index (κ3) is 3.95. The van der Waals surface area contributed by atoms with E-state index in [4.69, 9.17) is 5.73 Å². The van der Waals surface area contributed by atoms with Crippen molar-refractivity contribution >= 4 is 21.4 Å². The summed E-state index contributed by atoms with van der Waals surface area (Å²) < 4.78 is 27.0. The van der Waals surface area contributed by atoms with Crippen molar-refractivity contribution in [3.05, 3.63) is 53.3 Å². The van der Waals surface area contributed by atoms with Gasteiger partial charge in [-0.1, -0.05) is 6.07 Å². The standard InChI is InChI=1S/C15H19N3O2S/c1-11-3-4-14(16)15(12(11)2)18-21(19,20)10-7-13-5-8-17-9-6-13/h3-6,8-9,18H,7,10,16H2,1-2H3. The van der Waals surface area contributed by atoms with E-state index in [-0.39, 0.29) is 5.75 Å². The van der Waals surface area contributed by atoms with Gasteiger partial charge in [0.05, 0.1) is 17.1 Å². The molecule has 0 bridgehead atoms. The average Bonchev–Trinajstić information content (AvgIpc) is 2.47. The summed E-state index contributed by atoms with van der Waals surface area (Å²) >= 11 is 0. The summed E-state index contributed by atoms with van der Waals surface area (Å²) in [6, 6.07) is 7.20. The number of pyridine rings is 1. The molecule has 1 aromatic heterocycles. The Labute approximate surface area is 125 Å². The van der Waals surface area contributed by atoms with Crippen molar-refractivity contribution in [1.29, 1.82) is 0 Å². The minimum absolute atomic E-state index is 0.00380. The number of hydrogen-bond donors (Lipinski definition) is 2. The first kappa shape index (κ1) is 15.3. The number of anilines is 2. The predicted octanol–water partition coefficient (Wildman–Crippen LogP) is 2.27. The van der Waals surface area contributed by atoms with Crippen LogP contribution >= 0.6 is 0 Å². The maximum absolute atomic E-state index is 12.2. The second-order valence-electron chi connectivity index (χ2n) is 5.00. The lowest BCUT2D eigenvalue weighted by Crippen LogP contribution is -2.20. The van der Waals surface area contributed by atoms with Crippen LogP contribution in [0.15, 0.2) is 36.7 Å². The molecule has 0 fully saturated rings. The molecule has 0 unspecified atom stereocenters. The normalized spacial score (nSPS) is 11.3. The predicted molar refractivity (Wildman–Crippen MR) is 85.7 cm³/mol. The first-order chi connectivity index (χ1) is 9.89. The number of nitrogens with one attached hydrogen (secondary N) is 1. The van der Waals surface area contributed by atoms with Crippen LogP contribution in [0.25, 0.3) is 0 Å². The molecule has 0 saturated carbocycles. The first-order valence-corrected chi connectivity index (χ1v) is 8.29. The van der Waals surface area contributed by atoms with Crippen LogP contribution in [0.2, 0.25) is 0 Å². The molecule has 0 aliphatic heterocycles. The molecule has 0 amide bonds. The van der Waals surface area contributed by atoms with Crippen molar-refractivity contribution in [2.24, 2.45) is 0 Å². The molecule has 0 radical (unpaired) electrons. The van der Waals surface area contributed by atoms with E-state index in [2.05, 4.69) is 9.71 Å². The Hall–Kier alpha value is -2.08. The molecule has 3 N–H and O–H groups in total. The highest BCUT2D eigenvalue weighted by Crippen LogP contribution is 2.26. The molecule has 1 heterocycles. The van der Waals surface area contributed by atoms with E-state index in [0.717, 1.165) is 16.7 Å². The van der Waals surface area contributed by atoms with Crippen LogP contribution in [0, 0.1) is 13.8 Å². The van der Waals surface area contributed by atoms with Gasteiger partial charge in [0.25, 0.3) is 0 Å². The molecule has 21 heavy (non-hydrogen) atoms. The first-order valence-electron chi connectivity index (χ1n) is 6.64. The second-order valence-corrected chi connectivity index (χ2v) is 6.84. The van der Waals surface area contributed by atoms with Gasteiger partial charge < -0.3 is 5.73 Å². The van der Waals surface area contributed by atoms with Crippen molar-refractivity contribution in [3.63, 3.8) is 0 Å². The highest BCUT2D eigenvalue weighted by atomic mass is 32.2. The minimum Gasteiger partial charge on any atom is -0.397 e. The van der Waals surface area contributed by atoms with Gasteiger partial charge in [0.1, 0.15) is 0 Å². The fourth-order valence-corrected chi connectivity index (χ4v) is 3.17. The summed E-state index contributed by atoms with van der Waals surface area (Å²) in [5, 5.41) is 0. The van der Waals surface area contributed by atoms with Gasteiger partial charge in [0, 0.05) is 12.4 Å². The molecule has 0 aliphatic carbocycles. The number of nitrogens with two attached hydrogens (primary N) is 1. The summed E-state index contributed by atoms with van der Waals surface area (Å²) in [6.07, 6.45) is 3.73. The minimum atomic E-state index is -3.44. The number of nitrogen functional groups attached to an aromatic ring is 1. The number of benzene rings is 1. The maximum atomic E-state index is 12.2. The van der Waals surface area contributed by atoms with Gasteiger partial charge >= 0.3 is 0 Å². The average molecular weight is 305 g/mol. The lowest BCUT2D eigenvalue weighted by molar-refractivity contribution is 0.600. The largest absolute Gasteiger partial charge is 0.397 e. The monoisotopic (exact) mass is 305 g/mol. The molecule has 0 saturated heterocycles. The lowest BCUT2D eigenvalue weighted by Gasteiger charge is -2.14. The zero-order valence-electron chi connectivity index (χ0n) is 12.1. The van der Waals surface area contributed by atoms with Crippen LogP contribution in [0.5, 0.6) is 0 Å². The van der Waals surface area contributed by atoms with Gasteiger partial charge in [-0.3, -0.25) is 9.71 Å². The van der Waals surface area contributed by atoms with Gasteiger partial charge in [-0.2, -0.15) is 0 Å². The van der Waals surface area contributed by atoms with Crippen LogP contribution in [-0.4, -0.2) is 19.2 Å². The van der Waals surface area contributed by atoms with E-state index in [1.165, 1.54) is 0 Å². The van der Waals surface area contributed by atoms with Crippen molar-refractivity contribution < 1.29 is 8.42 Å². The molecule has 2 rings (SSSR count). The SMILES string of the molecule is Cc1ccc(N)c(NS(=O)(=O)CCc2ccncc2)c1C. The number of nitrogens with zero attached hydrogens (tertiary/aromatic N) is 1. The number of rotatable bonds is 5. The van der Waals surface area contributed by atoms with Gasteiger partial charge in [-0.05, 0) is 55.2 Å². The molecular formula is C15H19N3O2S. The van der Waals surface area contributed by atoms with Crippen LogP contribution in [-0.2, 0) is 16.4 Å². The Kier molecular flexibility index (Phi) is 4.47. The molecule has 6 heteroatoms. The van der Waals surface area contributed by atoms with E-state index in [9.17, 15) is 8.42 Å². The Balaban J connectivity index is 2.13. The Bertz CT molecular complexity index is 728. The van der Waals surface area contributed by atoms with Gasteiger partial charge in [-0.15, -0.1) is 0 Å². The quantitative estimate of drug-likeness (QED) is 0.830. The lowest BCUT2D eigenvalue weighted by atomic mass is 10.1. The smallest absolute Gasteiger partial charge is 0.233 e. The number of sulfonamides is 1. The fourth-order valence-electron chi connectivity index (χ4n) is 1.98. The topological polar surface area (TPSA) is 85.1 Å². The molecule has 1 aromatic carbocycles. The Morgan fingerprint density at radius 2 is 1.81 bits per heavy atom. The molecule has 5 nitrogen and oxygen atoms in total. The van der Waals surface area contributed by atoms with E-state index >= 15 is 0 Å². The van der Waals surface area contributed by atoms with Crippen LogP contribution in [0.3, 0.4) is 0 Å². The zero-order chi connectivity index (χ0) is 15.5. The van der Waals surface area contributed by atoms with E-state index in [1.54, 1.807) is 18.5 Å². The molecule has 0 aliphatic rings. The highest BCUT2D eigenvalue weighted by molar-refractivity contribution is 7.92. The number of aryl methyl sites for hydroxylation is 2. The van der Waals surface area contributed by atoms with Crippen LogP contribution < -0.4 is 10.5 Å². The fraction of sp³-hybridized carbons (Fsp3) is 0.267. The van der Waals surface area contributed by atoms with Crippen molar-refractivity contribution in [1.82, 2.24) is 4.98 Å². The number of aromatic nitrogens is 1. The summed E-state index contributed by atoms with van der Waals surface area (Å²) in [5.41, 5.74) is 9.56. The van der Waals surface area contributed by atoms with Gasteiger partial charge in [-0.25, -0.2) is 8.42 Å². The Morgan fingerprint density at radius 1 is 1.14 bits per heavy atom. The van der Waals surface area contributed by atoms with Crippen LogP contribution in [0.1, 0.15) is 16.7 Å². The summed E-state index contributed by atoms with van der Waals surface area (Å²) in [7, 11) is -3.44. The maximum Gasteiger partial charge on any atom is 0.233 e. The summed E-state index contributed by atoms with van der Waals surface area (Å²) in [5.74, 6) is 0.00380. The molecule has 0 atom stereocenters. The van der Waals surface area contributed by atoms with Crippen LogP contribution in [0.4, 0.5) is 11.4 Å². The molecule has 0 spiro atoms. The Morgan fingerprint density at radius 3 is 2.48 bits per heavy atom. The van der Waals surface area contributed by atoms with E-state index in [1.807, 2.05) is 32.0 Å². The third-order valence-corrected chi connectivity index (χ3v) is 4.69. The summed E-state index contributed by atoms with van der Waals surface area (Å²) in [6.45, 7) is 3.77. The van der Waals surface area contributed by atoms with Crippen molar-refractivity contribution in [2.45, 2.75) is 20.3 Å². The second kappa shape index (κ2) is 6.13. The number of hydrogen-bond acceptors (Lipinski definition) is 4. The van der Waals surface area contributed by atoms with E-state index in [0.29, 0.717) is 17.8 Å². The van der Waals surface area contributed by atoms with Gasteiger partial charge in [0.15, 0.2) is 0 Å². The van der Waals surface area contributed by atoms with Crippen molar-refractivity contribution in [3.8, 4) is 0 Å². The highest BCUT2D eigenvalue weighted by Gasteiger charge is 2.15. The van der Waals surface area contributed by atoms with Crippen molar-refractivity contribution in [2.75, 3.05) is 16.2 Å². The van der Waals surface area contributed by atoms with Gasteiger partial charge in [0.2, 0.25) is 10.0 Å². The molecule has 112 valence electrons. The zero-order valence-corrected chi connectivity index (χ0v) is 12.9. The molecule has 2 aromatic rings. The third-order valence-electron chi connectivity index (χ3n) is 3.43.